The minimum absolute atomic E-state index is 0.459. The van der Waals surface area contributed by atoms with Crippen molar-refractivity contribution in [2.24, 2.45) is 5.73 Å². The molecule has 3 rings (SSSR count). The number of carbonyl (C=O) groups excluding carboxylic acids is 2. The molecule has 3 saturated heterocycles. The fourth-order valence-electron chi connectivity index (χ4n) is 3.50. The molecule has 0 aromatic heterocycles. The van der Waals surface area contributed by atoms with Crippen LogP contribution in [-0.2, 0) is 19.1 Å². The Hall–Kier alpha value is -0.310. The van der Waals surface area contributed by atoms with E-state index in [0.717, 1.165) is 6.42 Å². The molecule has 0 aromatic rings. The van der Waals surface area contributed by atoms with Crippen molar-refractivity contribution in [1.82, 2.24) is 10.2 Å². The number of nitrogens with one attached hydrogen (secondary N) is 1. The molecule has 22 heavy (non-hydrogen) atoms. The lowest BCUT2D eigenvalue weighted by atomic mass is 9.94. The van der Waals surface area contributed by atoms with Gasteiger partial charge in [-0.05, 0) is 19.8 Å². The van der Waals surface area contributed by atoms with Crippen molar-refractivity contribution >= 4 is 46.7 Å². The van der Waals surface area contributed by atoms with Crippen molar-refractivity contribution in [1.29, 1.82) is 0 Å². The van der Waals surface area contributed by atoms with Crippen LogP contribution in [0.25, 0.3) is 0 Å². The third kappa shape index (κ3) is 2.30. The zero-order chi connectivity index (χ0) is 16.3. The van der Waals surface area contributed by atoms with Gasteiger partial charge in [0.1, 0.15) is 12.3 Å². The second-order valence-electron chi connectivity index (χ2n) is 5.79. The van der Waals surface area contributed by atoms with Crippen LogP contribution < -0.4 is 11.1 Å². The van der Waals surface area contributed by atoms with E-state index in [1.54, 1.807) is 11.8 Å². The van der Waals surface area contributed by atoms with Gasteiger partial charge in [0.05, 0.1) is 6.10 Å². The number of esters is 1. The SMILES string of the molecule is C[C@H]1O[C@@H](C23CCCN2[C@H](C(Cl)(Cl)Cl)OC3=O)N[C@@H]1C(N)=O. The first kappa shape index (κ1) is 16.5. The summed E-state index contributed by atoms with van der Waals surface area (Å²) in [5, 5.41) is 2.98. The largest absolute Gasteiger partial charge is 0.440 e. The molecule has 124 valence electrons. The second kappa shape index (κ2) is 5.36. The Morgan fingerprint density at radius 2 is 2.18 bits per heavy atom. The molecule has 0 spiro atoms. The summed E-state index contributed by atoms with van der Waals surface area (Å²) in [5.41, 5.74) is 4.24. The number of hydrogen-bond acceptors (Lipinski definition) is 6. The number of fused-ring (bicyclic) bond motifs is 1. The van der Waals surface area contributed by atoms with Crippen molar-refractivity contribution < 1.29 is 19.1 Å². The van der Waals surface area contributed by atoms with Gasteiger partial charge >= 0.3 is 5.97 Å². The summed E-state index contributed by atoms with van der Waals surface area (Å²) in [7, 11) is 0. The van der Waals surface area contributed by atoms with Crippen LogP contribution in [-0.4, -0.2) is 57.3 Å². The van der Waals surface area contributed by atoms with Crippen molar-refractivity contribution in [3.8, 4) is 0 Å². The first-order valence-electron chi connectivity index (χ1n) is 6.93. The third-order valence-corrected chi connectivity index (χ3v) is 5.06. The molecular weight excluding hydrogens is 357 g/mol. The molecule has 3 aliphatic heterocycles. The maximum Gasteiger partial charge on any atom is 0.332 e. The van der Waals surface area contributed by atoms with Gasteiger partial charge in [-0.15, -0.1) is 0 Å². The molecule has 3 fully saturated rings. The molecule has 0 aliphatic carbocycles. The van der Waals surface area contributed by atoms with Crippen molar-refractivity contribution in [3.05, 3.63) is 0 Å². The summed E-state index contributed by atoms with van der Waals surface area (Å²) in [4.78, 5) is 25.7. The fourth-order valence-corrected chi connectivity index (χ4v) is 3.99. The third-order valence-electron chi connectivity index (χ3n) is 4.50. The zero-order valence-corrected chi connectivity index (χ0v) is 14.0. The minimum atomic E-state index is -1.77. The molecule has 0 radical (unpaired) electrons. The standard InChI is InChI=1S/C12H16Cl3N3O4/c1-5-6(7(16)19)17-8(21-5)11-3-2-4-18(11)9(12(13,14)15)22-10(11)20/h5-6,8-9,17H,2-4H2,1H3,(H2,16,19)/t5-,6+,8+,9+,11?/m1/s1. The van der Waals surface area contributed by atoms with Crippen LogP contribution in [0.15, 0.2) is 0 Å². The number of rotatable bonds is 2. The Balaban J connectivity index is 1.92. The lowest BCUT2D eigenvalue weighted by Gasteiger charge is -2.35. The number of nitrogens with two attached hydrogens (primary N) is 1. The molecule has 3 aliphatic rings. The Morgan fingerprint density at radius 3 is 2.73 bits per heavy atom. The minimum Gasteiger partial charge on any atom is -0.440 e. The first-order chi connectivity index (χ1) is 10.2. The van der Waals surface area contributed by atoms with Gasteiger partial charge in [-0.2, -0.15) is 0 Å². The van der Waals surface area contributed by atoms with E-state index in [0.29, 0.717) is 13.0 Å². The van der Waals surface area contributed by atoms with E-state index >= 15 is 0 Å². The summed E-state index contributed by atoms with van der Waals surface area (Å²) in [6, 6.07) is -0.679. The van der Waals surface area contributed by atoms with Gasteiger partial charge in [-0.1, -0.05) is 34.8 Å². The van der Waals surface area contributed by atoms with Crippen molar-refractivity contribution in [2.45, 2.75) is 53.7 Å². The number of hydrogen-bond donors (Lipinski definition) is 2. The smallest absolute Gasteiger partial charge is 0.332 e. The normalized spacial score (nSPS) is 42.5. The molecule has 1 amide bonds. The molecule has 10 heteroatoms. The highest BCUT2D eigenvalue weighted by Crippen LogP contribution is 2.49. The van der Waals surface area contributed by atoms with E-state index in [1.165, 1.54) is 0 Å². The van der Waals surface area contributed by atoms with Gasteiger partial charge < -0.3 is 15.2 Å². The highest BCUT2D eigenvalue weighted by atomic mass is 35.6. The number of halogens is 3. The van der Waals surface area contributed by atoms with Crippen LogP contribution in [0.3, 0.4) is 0 Å². The molecule has 3 heterocycles. The Labute approximate surface area is 142 Å². The molecule has 0 saturated carbocycles. The fraction of sp³-hybridized carbons (Fsp3) is 0.833. The molecule has 0 bridgehead atoms. The number of primary amides is 1. The van der Waals surface area contributed by atoms with Gasteiger partial charge in [0, 0.05) is 6.54 Å². The van der Waals surface area contributed by atoms with Gasteiger partial charge in [0.25, 0.3) is 0 Å². The molecule has 5 atom stereocenters. The predicted octanol–water partition coefficient (Wildman–Crippen LogP) is 0.262. The maximum absolute atomic E-state index is 12.5. The summed E-state index contributed by atoms with van der Waals surface area (Å²) in [6.07, 6.45) is -0.977. The van der Waals surface area contributed by atoms with E-state index in [9.17, 15) is 9.59 Å². The number of carbonyl (C=O) groups is 2. The number of alkyl halides is 3. The summed E-state index contributed by atoms with van der Waals surface area (Å²) in [5.74, 6) is -1.06. The van der Waals surface area contributed by atoms with Gasteiger partial charge in [-0.3, -0.25) is 10.1 Å². The zero-order valence-electron chi connectivity index (χ0n) is 11.7. The maximum atomic E-state index is 12.5. The summed E-state index contributed by atoms with van der Waals surface area (Å²) < 4.78 is 9.30. The summed E-state index contributed by atoms with van der Waals surface area (Å²) >= 11 is 17.8. The number of ether oxygens (including phenoxy) is 2. The highest BCUT2D eigenvalue weighted by molar-refractivity contribution is 6.68. The van der Waals surface area contributed by atoms with Crippen LogP contribution in [0.5, 0.6) is 0 Å². The molecule has 1 unspecified atom stereocenters. The van der Waals surface area contributed by atoms with E-state index < -0.39 is 45.8 Å². The monoisotopic (exact) mass is 371 g/mol. The van der Waals surface area contributed by atoms with E-state index in [4.69, 9.17) is 50.0 Å². The summed E-state index contributed by atoms with van der Waals surface area (Å²) in [6.45, 7) is 2.24. The van der Waals surface area contributed by atoms with Crippen molar-refractivity contribution in [2.75, 3.05) is 6.54 Å². The molecule has 0 aromatic carbocycles. The Bertz CT molecular complexity index is 514. The van der Waals surface area contributed by atoms with E-state index in [-0.39, 0.29) is 0 Å². The van der Waals surface area contributed by atoms with Crippen LogP contribution in [0.4, 0.5) is 0 Å². The molecule has 3 N–H and O–H groups in total. The lowest BCUT2D eigenvalue weighted by Crippen LogP contribution is -2.61. The van der Waals surface area contributed by atoms with Crippen LogP contribution >= 0.6 is 34.8 Å². The Kier molecular flexibility index (Phi) is 4.03. The average molecular weight is 373 g/mol. The Morgan fingerprint density at radius 1 is 1.50 bits per heavy atom. The number of nitrogens with zero attached hydrogens (tertiary/aromatic N) is 1. The van der Waals surface area contributed by atoms with Gasteiger partial charge in [0.15, 0.2) is 5.54 Å². The van der Waals surface area contributed by atoms with Crippen LogP contribution in [0, 0.1) is 0 Å². The molecule has 7 nitrogen and oxygen atoms in total. The quantitative estimate of drug-likeness (QED) is 0.533. The van der Waals surface area contributed by atoms with Crippen molar-refractivity contribution in [3.63, 3.8) is 0 Å². The highest BCUT2D eigenvalue weighted by Gasteiger charge is 2.67. The molecular formula is C12H16Cl3N3O4. The van der Waals surface area contributed by atoms with E-state index in [1.807, 2.05) is 0 Å². The number of amides is 1. The van der Waals surface area contributed by atoms with E-state index in [2.05, 4.69) is 5.32 Å². The van der Waals surface area contributed by atoms with Crippen LogP contribution in [0.1, 0.15) is 19.8 Å². The van der Waals surface area contributed by atoms with Gasteiger partial charge in [-0.25, -0.2) is 9.69 Å². The average Bonchev–Trinajstić information content (AvgIpc) is 3.02. The lowest BCUT2D eigenvalue weighted by molar-refractivity contribution is -0.150. The second-order valence-corrected chi connectivity index (χ2v) is 8.16. The topological polar surface area (TPSA) is 93.9 Å². The predicted molar refractivity (Wildman–Crippen MR) is 79.3 cm³/mol. The van der Waals surface area contributed by atoms with Gasteiger partial charge in [0.2, 0.25) is 15.9 Å². The van der Waals surface area contributed by atoms with Crippen LogP contribution in [0.2, 0.25) is 0 Å². The number of cyclic esters (lactones) is 1. The first-order valence-corrected chi connectivity index (χ1v) is 8.06.